The first kappa shape index (κ1) is 17.7. The number of aromatic nitrogens is 1. The summed E-state index contributed by atoms with van der Waals surface area (Å²) in [7, 11) is 4.05. The van der Waals surface area contributed by atoms with Gasteiger partial charge < -0.3 is 20.9 Å². The third-order valence-corrected chi connectivity index (χ3v) is 4.12. The molecule has 26 heavy (non-hydrogen) atoms. The lowest BCUT2D eigenvalue weighted by molar-refractivity contribution is 0.100. The minimum Gasteiger partial charge on any atom is -0.370 e. The molecule has 1 heterocycles. The van der Waals surface area contributed by atoms with Gasteiger partial charge in [0, 0.05) is 35.8 Å². The molecule has 0 aliphatic rings. The van der Waals surface area contributed by atoms with Crippen LogP contribution < -0.4 is 11.5 Å². The number of guanidine groups is 1. The van der Waals surface area contributed by atoms with Gasteiger partial charge in [-0.3, -0.25) is 4.79 Å². The van der Waals surface area contributed by atoms with Crippen LogP contribution in [0.4, 0.5) is 0 Å². The Bertz CT molecular complexity index is 953. The zero-order chi connectivity index (χ0) is 18.7. The fourth-order valence-electron chi connectivity index (χ4n) is 3.06. The number of nitrogens with zero attached hydrogens (tertiary/aromatic N) is 3. The molecule has 0 fully saturated rings. The molecule has 3 rings (SSSR count). The van der Waals surface area contributed by atoms with Gasteiger partial charge in [0.2, 0.25) is 0 Å². The van der Waals surface area contributed by atoms with E-state index in [1.807, 2.05) is 44.4 Å². The first-order chi connectivity index (χ1) is 12.4. The van der Waals surface area contributed by atoms with Crippen LogP contribution in [0.15, 0.2) is 59.7 Å². The lowest BCUT2D eigenvalue weighted by atomic mass is 10.1. The van der Waals surface area contributed by atoms with Crippen LogP contribution in [0.3, 0.4) is 0 Å². The van der Waals surface area contributed by atoms with E-state index in [0.29, 0.717) is 5.56 Å². The lowest BCUT2D eigenvalue weighted by Gasteiger charge is -2.08. The van der Waals surface area contributed by atoms with Crippen LogP contribution in [0.1, 0.15) is 21.5 Å². The quantitative estimate of drug-likeness (QED) is 0.546. The molecule has 1 aromatic heterocycles. The van der Waals surface area contributed by atoms with Crippen LogP contribution >= 0.6 is 0 Å². The summed E-state index contributed by atoms with van der Waals surface area (Å²) in [6.07, 6.45) is 2.15. The summed E-state index contributed by atoms with van der Waals surface area (Å²) < 4.78 is 2.21. The summed E-state index contributed by atoms with van der Waals surface area (Å²) >= 11 is 0. The van der Waals surface area contributed by atoms with Gasteiger partial charge in [-0.2, -0.15) is 4.99 Å². The molecule has 0 saturated carbocycles. The summed E-state index contributed by atoms with van der Waals surface area (Å²) in [6.45, 7) is 1.55. The molecule has 0 bridgehead atoms. The highest BCUT2D eigenvalue weighted by molar-refractivity contribution is 6.04. The highest BCUT2D eigenvalue weighted by Crippen LogP contribution is 2.25. The van der Waals surface area contributed by atoms with Gasteiger partial charge in [-0.1, -0.05) is 30.3 Å². The highest BCUT2D eigenvalue weighted by Gasteiger charge is 2.13. The summed E-state index contributed by atoms with van der Waals surface area (Å²) in [5.41, 5.74) is 14.6. The molecular weight excluding hydrogens is 326 g/mol. The summed E-state index contributed by atoms with van der Waals surface area (Å²) in [6, 6.07) is 15.9. The SMILES string of the molecule is CN(C)Cc1cn(Cc2ccccc2)c2ccc(C(=O)N=C(N)N)cc12. The van der Waals surface area contributed by atoms with Gasteiger partial charge >= 0.3 is 0 Å². The predicted octanol–water partition coefficient (Wildman–Crippen LogP) is 2.16. The zero-order valence-electron chi connectivity index (χ0n) is 15.0. The molecule has 0 aliphatic carbocycles. The molecule has 0 saturated heterocycles. The van der Waals surface area contributed by atoms with Gasteiger partial charge in [0.1, 0.15) is 0 Å². The van der Waals surface area contributed by atoms with Crippen LogP contribution in [-0.2, 0) is 13.1 Å². The maximum Gasteiger partial charge on any atom is 0.280 e. The minimum absolute atomic E-state index is 0.231. The largest absolute Gasteiger partial charge is 0.370 e. The number of nitrogens with two attached hydrogens (primary N) is 2. The maximum absolute atomic E-state index is 12.2. The Balaban J connectivity index is 2.06. The van der Waals surface area contributed by atoms with Crippen molar-refractivity contribution in [1.29, 1.82) is 0 Å². The number of aliphatic imine (C=N–C) groups is 1. The Morgan fingerprint density at radius 3 is 2.50 bits per heavy atom. The number of rotatable bonds is 5. The number of benzene rings is 2. The van der Waals surface area contributed by atoms with Gasteiger partial charge in [0.15, 0.2) is 5.96 Å². The van der Waals surface area contributed by atoms with Crippen molar-refractivity contribution in [3.05, 3.63) is 71.4 Å². The molecule has 0 spiro atoms. The Kier molecular flexibility index (Phi) is 5.04. The van der Waals surface area contributed by atoms with Crippen molar-refractivity contribution in [3.63, 3.8) is 0 Å². The summed E-state index contributed by atoms with van der Waals surface area (Å²) in [5, 5.41) is 1.03. The smallest absolute Gasteiger partial charge is 0.280 e. The molecule has 134 valence electrons. The molecule has 0 atom stereocenters. The monoisotopic (exact) mass is 349 g/mol. The van der Waals surface area contributed by atoms with E-state index >= 15 is 0 Å². The van der Waals surface area contributed by atoms with E-state index in [4.69, 9.17) is 11.5 Å². The average Bonchev–Trinajstić information content (AvgIpc) is 2.91. The number of amides is 1. The van der Waals surface area contributed by atoms with Crippen molar-refractivity contribution < 1.29 is 4.79 Å². The van der Waals surface area contributed by atoms with Crippen molar-refractivity contribution >= 4 is 22.8 Å². The Hall–Kier alpha value is -3.12. The molecule has 0 radical (unpaired) electrons. The highest BCUT2D eigenvalue weighted by atomic mass is 16.1. The van der Waals surface area contributed by atoms with Gasteiger partial charge in [-0.05, 0) is 43.4 Å². The number of hydrogen-bond donors (Lipinski definition) is 2. The Morgan fingerprint density at radius 2 is 1.85 bits per heavy atom. The number of carbonyl (C=O) groups excluding carboxylic acids is 1. The van der Waals surface area contributed by atoms with Gasteiger partial charge in [-0.15, -0.1) is 0 Å². The van der Waals surface area contributed by atoms with Gasteiger partial charge in [0.25, 0.3) is 5.91 Å². The summed E-state index contributed by atoms with van der Waals surface area (Å²) in [4.78, 5) is 17.9. The topological polar surface area (TPSA) is 89.6 Å². The second-order valence-electron chi connectivity index (χ2n) is 6.58. The maximum atomic E-state index is 12.2. The summed E-state index contributed by atoms with van der Waals surface area (Å²) in [5.74, 6) is -0.663. The van der Waals surface area contributed by atoms with Crippen molar-refractivity contribution in [2.45, 2.75) is 13.1 Å². The first-order valence-corrected chi connectivity index (χ1v) is 8.38. The fraction of sp³-hybridized carbons (Fsp3) is 0.200. The fourth-order valence-corrected chi connectivity index (χ4v) is 3.06. The predicted molar refractivity (Wildman–Crippen MR) is 105 cm³/mol. The standard InChI is InChI=1S/C20H23N5O/c1-24(2)12-16-13-25(11-14-6-4-3-5-7-14)18-9-8-15(10-17(16)18)19(26)23-20(21)22/h3-10,13H,11-12H2,1-2H3,(H4,21,22,23,26). The van der Waals surface area contributed by atoms with Crippen molar-refractivity contribution in [1.82, 2.24) is 9.47 Å². The first-order valence-electron chi connectivity index (χ1n) is 8.38. The van der Waals surface area contributed by atoms with Crippen LogP contribution in [0.25, 0.3) is 10.9 Å². The van der Waals surface area contributed by atoms with E-state index in [1.165, 1.54) is 5.56 Å². The third kappa shape index (κ3) is 3.92. The molecular formula is C20H23N5O. The molecule has 1 amide bonds. The van der Waals surface area contributed by atoms with Gasteiger partial charge in [-0.25, -0.2) is 0 Å². The van der Waals surface area contributed by atoms with Crippen LogP contribution in [0.2, 0.25) is 0 Å². The second-order valence-corrected chi connectivity index (χ2v) is 6.58. The number of hydrogen-bond acceptors (Lipinski definition) is 2. The van der Waals surface area contributed by atoms with Crippen molar-refractivity contribution in [2.24, 2.45) is 16.5 Å². The molecule has 0 aliphatic heterocycles. The van der Waals surface area contributed by atoms with E-state index in [1.54, 1.807) is 6.07 Å². The van der Waals surface area contributed by atoms with Crippen molar-refractivity contribution in [3.8, 4) is 0 Å². The minimum atomic E-state index is -0.432. The van der Waals surface area contributed by atoms with E-state index in [9.17, 15) is 4.79 Å². The second kappa shape index (κ2) is 7.41. The van der Waals surface area contributed by atoms with Crippen LogP contribution in [-0.4, -0.2) is 35.4 Å². The molecule has 2 aromatic carbocycles. The molecule has 3 aromatic rings. The Labute approximate surface area is 152 Å². The van der Waals surface area contributed by atoms with Crippen LogP contribution in [0.5, 0.6) is 0 Å². The molecule has 6 heteroatoms. The lowest BCUT2D eigenvalue weighted by Crippen LogP contribution is -2.24. The zero-order valence-corrected chi connectivity index (χ0v) is 15.0. The number of carbonyl (C=O) groups is 1. The number of fused-ring (bicyclic) bond motifs is 1. The molecule has 0 unspecified atom stereocenters. The van der Waals surface area contributed by atoms with E-state index in [-0.39, 0.29) is 5.96 Å². The van der Waals surface area contributed by atoms with Gasteiger partial charge in [0.05, 0.1) is 0 Å². The molecule has 6 nitrogen and oxygen atoms in total. The third-order valence-electron chi connectivity index (χ3n) is 4.12. The van der Waals surface area contributed by atoms with E-state index < -0.39 is 5.91 Å². The Morgan fingerprint density at radius 1 is 1.12 bits per heavy atom. The average molecular weight is 349 g/mol. The molecule has 4 N–H and O–H groups in total. The normalized spacial score (nSPS) is 11.0. The van der Waals surface area contributed by atoms with E-state index in [2.05, 4.69) is 32.8 Å². The van der Waals surface area contributed by atoms with Crippen molar-refractivity contribution in [2.75, 3.05) is 14.1 Å². The van der Waals surface area contributed by atoms with E-state index in [0.717, 1.165) is 29.6 Å². The van der Waals surface area contributed by atoms with Crippen LogP contribution in [0, 0.1) is 0 Å².